The summed E-state index contributed by atoms with van der Waals surface area (Å²) in [4.78, 5) is 11.6. The minimum absolute atomic E-state index is 0.0662. The Kier molecular flexibility index (Phi) is 4.09. The fraction of sp³-hybridized carbons (Fsp3) is 0.188. The molecular formula is C16H14N2O5. The lowest BCUT2D eigenvalue weighted by Gasteiger charge is -2.05. The number of hydrogen-bond donors (Lipinski definition) is 0. The molecule has 3 aromatic rings. The Morgan fingerprint density at radius 1 is 1.22 bits per heavy atom. The Hall–Kier alpha value is -3.09. The molecule has 0 N–H and O–H groups in total. The largest absolute Gasteiger partial charge is 0.470 e. The molecule has 0 atom stereocenters. The number of esters is 1. The van der Waals surface area contributed by atoms with Gasteiger partial charge in [0.15, 0.2) is 5.56 Å². The summed E-state index contributed by atoms with van der Waals surface area (Å²) < 4.78 is 20.2. The van der Waals surface area contributed by atoms with Crippen LogP contribution >= 0.6 is 0 Å². The first-order valence-corrected chi connectivity index (χ1v) is 6.86. The second kappa shape index (κ2) is 6.35. The first-order chi connectivity index (χ1) is 11.2. The monoisotopic (exact) mass is 314 g/mol. The van der Waals surface area contributed by atoms with Crippen LogP contribution in [0.1, 0.15) is 21.7 Å². The lowest BCUT2D eigenvalue weighted by molar-refractivity contribution is 0.0595. The van der Waals surface area contributed by atoms with Crippen LogP contribution in [0.5, 0.6) is 5.88 Å². The molecule has 118 valence electrons. The Labute approximate surface area is 131 Å². The number of rotatable bonds is 5. The van der Waals surface area contributed by atoms with Crippen molar-refractivity contribution in [3.05, 3.63) is 53.5 Å². The third-order valence-corrected chi connectivity index (χ3v) is 3.33. The molecule has 0 bridgehead atoms. The number of ether oxygens (including phenoxy) is 2. The Bertz CT molecular complexity index is 807. The van der Waals surface area contributed by atoms with Crippen molar-refractivity contribution in [1.82, 2.24) is 10.3 Å². The fourth-order valence-corrected chi connectivity index (χ4v) is 2.10. The summed E-state index contributed by atoms with van der Waals surface area (Å²) >= 11 is 0. The van der Waals surface area contributed by atoms with Crippen LogP contribution in [0.25, 0.3) is 11.3 Å². The Morgan fingerprint density at radius 3 is 2.74 bits per heavy atom. The molecule has 0 spiro atoms. The molecule has 0 amide bonds. The van der Waals surface area contributed by atoms with E-state index in [1.807, 2.05) is 30.3 Å². The van der Waals surface area contributed by atoms with Crippen molar-refractivity contribution in [2.24, 2.45) is 0 Å². The maximum Gasteiger partial charge on any atom is 0.346 e. The summed E-state index contributed by atoms with van der Waals surface area (Å²) in [6.45, 7) is 1.93. The minimum Gasteiger partial charge on any atom is -0.470 e. The van der Waals surface area contributed by atoms with Crippen LogP contribution in [0, 0.1) is 6.92 Å². The van der Waals surface area contributed by atoms with Crippen molar-refractivity contribution in [1.29, 1.82) is 0 Å². The van der Waals surface area contributed by atoms with Gasteiger partial charge in [-0.1, -0.05) is 35.5 Å². The van der Waals surface area contributed by atoms with E-state index in [9.17, 15) is 4.79 Å². The second-order valence-corrected chi connectivity index (χ2v) is 4.75. The Balaban J connectivity index is 1.84. The van der Waals surface area contributed by atoms with Gasteiger partial charge in [0.05, 0.1) is 12.7 Å². The highest BCUT2D eigenvalue weighted by Gasteiger charge is 2.20. The molecule has 0 fully saturated rings. The van der Waals surface area contributed by atoms with Gasteiger partial charge in [-0.15, -0.1) is 0 Å². The van der Waals surface area contributed by atoms with Gasteiger partial charge in [-0.3, -0.25) is 0 Å². The van der Waals surface area contributed by atoms with Gasteiger partial charge in [0, 0.05) is 5.56 Å². The molecule has 0 aliphatic carbocycles. The average molecular weight is 314 g/mol. The van der Waals surface area contributed by atoms with Crippen LogP contribution in [0.4, 0.5) is 0 Å². The van der Waals surface area contributed by atoms with Crippen molar-refractivity contribution in [2.45, 2.75) is 13.5 Å². The molecule has 2 heterocycles. The van der Waals surface area contributed by atoms with E-state index in [1.165, 1.54) is 13.4 Å². The van der Waals surface area contributed by atoms with Crippen molar-refractivity contribution in [2.75, 3.05) is 7.11 Å². The van der Waals surface area contributed by atoms with Gasteiger partial charge in [-0.05, 0) is 12.1 Å². The van der Waals surface area contributed by atoms with Gasteiger partial charge in [0.1, 0.15) is 24.3 Å². The molecule has 2 aromatic heterocycles. The molecule has 0 saturated carbocycles. The summed E-state index contributed by atoms with van der Waals surface area (Å²) in [6, 6.07) is 9.60. The fourth-order valence-electron chi connectivity index (χ4n) is 2.10. The van der Waals surface area contributed by atoms with Crippen molar-refractivity contribution < 1.29 is 23.3 Å². The molecule has 7 heteroatoms. The summed E-state index contributed by atoms with van der Waals surface area (Å²) in [5, 5.41) is 7.74. The molecule has 0 aliphatic rings. The standard InChI is InChI=1S/C16H14N2O5/c1-10-12(14(17-23-10)11-6-4-3-5-7-11)8-21-15-13(9-22-18-15)16(19)20-2/h3-7,9H,8H2,1-2H3. The number of carbonyl (C=O) groups excluding carboxylic acids is 1. The van der Waals surface area contributed by atoms with Gasteiger partial charge < -0.3 is 18.5 Å². The molecular weight excluding hydrogens is 300 g/mol. The molecule has 7 nitrogen and oxygen atoms in total. The number of benzene rings is 1. The molecule has 1 aromatic carbocycles. The molecule has 0 radical (unpaired) electrons. The number of methoxy groups -OCH3 is 1. The van der Waals surface area contributed by atoms with Crippen molar-refractivity contribution >= 4 is 5.97 Å². The zero-order valence-corrected chi connectivity index (χ0v) is 12.6. The molecule has 0 saturated heterocycles. The lowest BCUT2D eigenvalue weighted by Crippen LogP contribution is -2.05. The van der Waals surface area contributed by atoms with E-state index in [0.717, 1.165) is 11.1 Å². The SMILES string of the molecule is COC(=O)c1conc1OCc1c(-c2ccccc2)noc1C. The first-order valence-electron chi connectivity index (χ1n) is 6.86. The molecule has 0 unspecified atom stereocenters. The minimum atomic E-state index is -0.577. The summed E-state index contributed by atoms with van der Waals surface area (Å²) in [5.41, 5.74) is 2.50. The van der Waals surface area contributed by atoms with Crippen molar-refractivity contribution in [3.63, 3.8) is 0 Å². The van der Waals surface area contributed by atoms with E-state index in [2.05, 4.69) is 15.1 Å². The van der Waals surface area contributed by atoms with Gasteiger partial charge in [-0.25, -0.2) is 4.79 Å². The zero-order chi connectivity index (χ0) is 16.2. The number of nitrogens with zero attached hydrogens (tertiary/aromatic N) is 2. The van der Waals surface area contributed by atoms with E-state index >= 15 is 0 Å². The van der Waals surface area contributed by atoms with Gasteiger partial charge in [-0.2, -0.15) is 0 Å². The zero-order valence-electron chi connectivity index (χ0n) is 12.6. The van der Waals surface area contributed by atoms with Crippen LogP contribution in [0.3, 0.4) is 0 Å². The number of aromatic nitrogens is 2. The van der Waals surface area contributed by atoms with Gasteiger partial charge >= 0.3 is 5.97 Å². The summed E-state index contributed by atoms with van der Waals surface area (Å²) in [6.07, 6.45) is 1.18. The molecule has 23 heavy (non-hydrogen) atoms. The highest BCUT2D eigenvalue weighted by Crippen LogP contribution is 2.27. The predicted octanol–water partition coefficient (Wildman–Crippen LogP) is 3.00. The maximum atomic E-state index is 11.6. The normalized spacial score (nSPS) is 10.5. The smallest absolute Gasteiger partial charge is 0.346 e. The highest BCUT2D eigenvalue weighted by atomic mass is 16.5. The third kappa shape index (κ3) is 2.94. The maximum absolute atomic E-state index is 11.6. The van der Waals surface area contributed by atoms with E-state index in [4.69, 9.17) is 13.8 Å². The number of aryl methyl sites for hydroxylation is 1. The highest BCUT2D eigenvalue weighted by molar-refractivity contribution is 5.91. The van der Waals surface area contributed by atoms with Crippen LogP contribution in [0.2, 0.25) is 0 Å². The molecule has 0 aliphatic heterocycles. The predicted molar refractivity (Wildman–Crippen MR) is 78.9 cm³/mol. The summed E-state index contributed by atoms with van der Waals surface area (Å²) in [7, 11) is 1.27. The van der Waals surface area contributed by atoms with E-state index in [0.29, 0.717) is 11.5 Å². The van der Waals surface area contributed by atoms with E-state index in [-0.39, 0.29) is 18.1 Å². The lowest BCUT2D eigenvalue weighted by atomic mass is 10.1. The van der Waals surface area contributed by atoms with Crippen LogP contribution in [0.15, 0.2) is 45.6 Å². The topological polar surface area (TPSA) is 87.6 Å². The number of hydrogen-bond acceptors (Lipinski definition) is 7. The van der Waals surface area contributed by atoms with Crippen molar-refractivity contribution in [3.8, 4) is 17.1 Å². The first kappa shape index (κ1) is 14.8. The number of carbonyl (C=O) groups is 1. The van der Waals surface area contributed by atoms with Crippen LogP contribution in [-0.2, 0) is 11.3 Å². The van der Waals surface area contributed by atoms with E-state index < -0.39 is 5.97 Å². The van der Waals surface area contributed by atoms with Crippen LogP contribution in [-0.4, -0.2) is 23.4 Å². The van der Waals surface area contributed by atoms with Gasteiger partial charge in [0.25, 0.3) is 5.88 Å². The third-order valence-electron chi connectivity index (χ3n) is 3.33. The quantitative estimate of drug-likeness (QED) is 0.669. The van der Waals surface area contributed by atoms with Gasteiger partial charge in [0.2, 0.25) is 0 Å². The van der Waals surface area contributed by atoms with Crippen LogP contribution < -0.4 is 4.74 Å². The second-order valence-electron chi connectivity index (χ2n) is 4.75. The average Bonchev–Trinajstić information content (AvgIpc) is 3.19. The molecule has 3 rings (SSSR count). The Morgan fingerprint density at radius 2 is 2.00 bits per heavy atom. The summed E-state index contributed by atoms with van der Waals surface area (Å²) in [5.74, 6) is 0.120. The van der Waals surface area contributed by atoms with E-state index in [1.54, 1.807) is 6.92 Å².